The maximum Gasteiger partial charge on any atom is 0.244 e. The molecule has 1 N–H and O–H groups in total. The van der Waals surface area contributed by atoms with Crippen LogP contribution in [0.5, 0.6) is 0 Å². The van der Waals surface area contributed by atoms with Crippen LogP contribution in [0.2, 0.25) is 5.02 Å². The predicted molar refractivity (Wildman–Crippen MR) is 148 cm³/mol. The molecule has 1 unspecified atom stereocenters. The number of anilines is 1. The summed E-state index contributed by atoms with van der Waals surface area (Å²) in [6.07, 6.45) is 1.33. The largest absolute Gasteiger partial charge is 0.355 e. The Balaban J connectivity index is 2.04. The van der Waals surface area contributed by atoms with Crippen molar-refractivity contribution in [1.82, 2.24) is 10.2 Å². The molecule has 2 amide bonds. The van der Waals surface area contributed by atoms with Crippen LogP contribution in [-0.2, 0) is 32.6 Å². The second-order valence-corrected chi connectivity index (χ2v) is 11.2. The van der Waals surface area contributed by atoms with Gasteiger partial charge in [-0.2, -0.15) is 0 Å². The number of nitrogens with zero attached hydrogens (tertiary/aromatic N) is 2. The minimum atomic E-state index is -3.85. The molecule has 0 spiro atoms. The quantitative estimate of drug-likeness (QED) is 0.394. The minimum Gasteiger partial charge on any atom is -0.355 e. The van der Waals surface area contributed by atoms with Crippen LogP contribution >= 0.6 is 11.6 Å². The van der Waals surface area contributed by atoms with E-state index in [1.165, 1.54) is 11.0 Å². The van der Waals surface area contributed by atoms with E-state index in [2.05, 4.69) is 5.32 Å². The highest BCUT2D eigenvalue weighted by Crippen LogP contribution is 2.27. The van der Waals surface area contributed by atoms with Crippen LogP contribution in [0, 0.1) is 6.92 Å². The average molecular weight is 542 g/mol. The number of rotatable bonds is 11. The van der Waals surface area contributed by atoms with E-state index in [1.54, 1.807) is 19.1 Å². The molecule has 0 saturated carbocycles. The first-order chi connectivity index (χ1) is 17.6. The van der Waals surface area contributed by atoms with Gasteiger partial charge in [0, 0.05) is 24.5 Å². The van der Waals surface area contributed by atoms with Gasteiger partial charge in [0.25, 0.3) is 0 Å². The predicted octanol–water partition coefficient (Wildman–Crippen LogP) is 4.19. The molecule has 7 nitrogen and oxygen atoms in total. The number of benzene rings is 3. The number of aryl methyl sites for hydroxylation is 1. The number of sulfonamides is 1. The van der Waals surface area contributed by atoms with E-state index >= 15 is 0 Å². The summed E-state index contributed by atoms with van der Waals surface area (Å²) < 4.78 is 26.7. The van der Waals surface area contributed by atoms with Gasteiger partial charge in [-0.3, -0.25) is 13.9 Å². The lowest BCUT2D eigenvalue weighted by Gasteiger charge is -2.33. The van der Waals surface area contributed by atoms with E-state index in [4.69, 9.17) is 11.6 Å². The van der Waals surface area contributed by atoms with Gasteiger partial charge in [-0.15, -0.1) is 0 Å². The number of hydrogen-bond donors (Lipinski definition) is 1. The summed E-state index contributed by atoms with van der Waals surface area (Å²) in [7, 11) is -3.85. The van der Waals surface area contributed by atoms with Crippen molar-refractivity contribution in [3.8, 4) is 0 Å². The van der Waals surface area contributed by atoms with Crippen molar-refractivity contribution in [2.45, 2.75) is 32.9 Å². The Morgan fingerprint density at radius 1 is 0.946 bits per heavy atom. The average Bonchev–Trinajstić information content (AvgIpc) is 2.87. The molecule has 0 aliphatic heterocycles. The zero-order valence-electron chi connectivity index (χ0n) is 21.2. The lowest BCUT2D eigenvalue weighted by Crippen LogP contribution is -2.53. The van der Waals surface area contributed by atoms with E-state index in [0.29, 0.717) is 22.8 Å². The maximum absolute atomic E-state index is 13.9. The van der Waals surface area contributed by atoms with Gasteiger partial charge in [0.2, 0.25) is 21.8 Å². The molecule has 196 valence electrons. The van der Waals surface area contributed by atoms with Crippen LogP contribution in [-0.4, -0.2) is 50.5 Å². The molecule has 0 aromatic heterocycles. The Bertz CT molecular complexity index is 1320. The molecule has 3 rings (SSSR count). The van der Waals surface area contributed by atoms with Crippen molar-refractivity contribution in [1.29, 1.82) is 0 Å². The van der Waals surface area contributed by atoms with Gasteiger partial charge in [-0.1, -0.05) is 78.3 Å². The van der Waals surface area contributed by atoms with Crippen LogP contribution in [0.15, 0.2) is 78.9 Å². The Labute approximate surface area is 224 Å². The summed E-state index contributed by atoms with van der Waals surface area (Å²) >= 11 is 6.16. The molecule has 0 heterocycles. The third kappa shape index (κ3) is 7.81. The third-order valence-corrected chi connectivity index (χ3v) is 7.30. The summed E-state index contributed by atoms with van der Waals surface area (Å²) in [6.45, 7) is 3.63. The number of nitrogens with one attached hydrogen (secondary N) is 1. The number of halogens is 1. The van der Waals surface area contributed by atoms with Crippen LogP contribution < -0.4 is 9.62 Å². The molecule has 37 heavy (non-hydrogen) atoms. The first kappa shape index (κ1) is 28.2. The monoisotopic (exact) mass is 541 g/mol. The molecule has 0 aliphatic carbocycles. The maximum atomic E-state index is 13.9. The second-order valence-electron chi connectivity index (χ2n) is 8.81. The molecule has 0 fully saturated rings. The Morgan fingerprint density at radius 3 is 2.11 bits per heavy atom. The van der Waals surface area contributed by atoms with Crippen LogP contribution in [0.4, 0.5) is 5.69 Å². The topological polar surface area (TPSA) is 86.8 Å². The van der Waals surface area contributed by atoms with E-state index in [1.807, 2.05) is 67.6 Å². The van der Waals surface area contributed by atoms with Crippen molar-refractivity contribution in [2.24, 2.45) is 0 Å². The molecule has 9 heteroatoms. The number of likely N-dealkylation sites (N-methyl/N-ethyl adjacent to an activating group) is 1. The fourth-order valence-corrected chi connectivity index (χ4v) is 5.14. The van der Waals surface area contributed by atoms with Crippen molar-refractivity contribution in [3.05, 3.63) is 101 Å². The number of carbonyl (C=O) groups is 2. The molecule has 0 aliphatic rings. The second kappa shape index (κ2) is 12.7. The molecule has 0 radical (unpaired) electrons. The van der Waals surface area contributed by atoms with Gasteiger partial charge >= 0.3 is 0 Å². The Hall–Kier alpha value is -3.36. The molecule has 1 atom stereocenters. The molecule has 0 saturated heterocycles. The van der Waals surface area contributed by atoms with Gasteiger partial charge in [0.15, 0.2) is 0 Å². The number of hydrogen-bond acceptors (Lipinski definition) is 4. The zero-order valence-corrected chi connectivity index (χ0v) is 22.8. The van der Waals surface area contributed by atoms with E-state index < -0.39 is 28.5 Å². The van der Waals surface area contributed by atoms with Gasteiger partial charge in [0.05, 0.1) is 11.9 Å². The van der Waals surface area contributed by atoms with Gasteiger partial charge in [0.1, 0.15) is 12.6 Å². The lowest BCUT2D eigenvalue weighted by molar-refractivity contribution is -0.140. The highest BCUT2D eigenvalue weighted by Gasteiger charge is 2.33. The first-order valence-electron chi connectivity index (χ1n) is 12.0. The molecular weight excluding hydrogens is 510 g/mol. The molecule has 0 bridgehead atoms. The summed E-state index contributed by atoms with van der Waals surface area (Å²) in [5.74, 6) is -0.804. The summed E-state index contributed by atoms with van der Waals surface area (Å²) in [4.78, 5) is 28.7. The van der Waals surface area contributed by atoms with Crippen molar-refractivity contribution in [2.75, 3.05) is 23.7 Å². The normalized spacial score (nSPS) is 12.0. The van der Waals surface area contributed by atoms with Gasteiger partial charge < -0.3 is 10.2 Å². The fourth-order valence-electron chi connectivity index (χ4n) is 4.07. The minimum absolute atomic E-state index is 0.139. The Kier molecular flexibility index (Phi) is 9.72. The highest BCUT2D eigenvalue weighted by molar-refractivity contribution is 7.92. The summed E-state index contributed by atoms with van der Waals surface area (Å²) in [5.41, 5.74) is 2.68. The van der Waals surface area contributed by atoms with Crippen molar-refractivity contribution < 1.29 is 18.0 Å². The highest BCUT2D eigenvalue weighted by atomic mass is 35.5. The van der Waals surface area contributed by atoms with Crippen LogP contribution in [0.25, 0.3) is 0 Å². The van der Waals surface area contributed by atoms with Crippen LogP contribution in [0.1, 0.15) is 23.6 Å². The number of carbonyl (C=O) groups excluding carboxylic acids is 2. The van der Waals surface area contributed by atoms with Crippen molar-refractivity contribution >= 4 is 39.1 Å². The standard InChI is InChI=1S/C28H32ClN3O4S/c1-4-30-28(34)26(17-22-11-7-5-8-12-22)31(19-23-13-9-6-10-14-23)27(33)20-32(37(3,35)36)25-18-24(29)16-15-21(25)2/h5-16,18,26H,4,17,19-20H2,1-3H3,(H,30,34). The van der Waals surface area contributed by atoms with Gasteiger partial charge in [-0.05, 0) is 42.7 Å². The van der Waals surface area contributed by atoms with Crippen molar-refractivity contribution in [3.63, 3.8) is 0 Å². The Morgan fingerprint density at radius 2 is 1.54 bits per heavy atom. The van der Waals surface area contributed by atoms with E-state index in [9.17, 15) is 18.0 Å². The van der Waals surface area contributed by atoms with Gasteiger partial charge in [-0.25, -0.2) is 8.42 Å². The van der Waals surface area contributed by atoms with Crippen LogP contribution in [0.3, 0.4) is 0 Å². The fraction of sp³-hybridized carbons (Fsp3) is 0.286. The molecule has 3 aromatic carbocycles. The van der Waals surface area contributed by atoms with E-state index in [0.717, 1.165) is 21.7 Å². The number of amides is 2. The smallest absolute Gasteiger partial charge is 0.244 e. The summed E-state index contributed by atoms with van der Waals surface area (Å²) in [6, 6.07) is 22.8. The summed E-state index contributed by atoms with van der Waals surface area (Å²) in [5, 5.41) is 3.19. The molecular formula is C28H32ClN3O4S. The molecule has 3 aromatic rings. The van der Waals surface area contributed by atoms with E-state index in [-0.39, 0.29) is 18.9 Å². The SMILES string of the molecule is CCNC(=O)C(Cc1ccccc1)N(Cc1ccccc1)C(=O)CN(c1cc(Cl)ccc1C)S(C)(=O)=O. The first-order valence-corrected chi connectivity index (χ1v) is 14.2. The third-order valence-electron chi connectivity index (χ3n) is 5.94. The lowest BCUT2D eigenvalue weighted by atomic mass is 10.0. The zero-order chi connectivity index (χ0) is 27.0.